The number of amides is 1. The molecule has 138 valence electrons. The summed E-state index contributed by atoms with van der Waals surface area (Å²) in [4.78, 5) is 39.1. The lowest BCUT2D eigenvalue weighted by Gasteiger charge is -1.94. The fourth-order valence-electron chi connectivity index (χ4n) is 2.77. The molecule has 12 nitrogen and oxygen atoms in total. The molecule has 0 unspecified atom stereocenters. The lowest BCUT2D eigenvalue weighted by atomic mass is 10.2. The van der Waals surface area contributed by atoms with Gasteiger partial charge in [0.25, 0.3) is 17.3 Å². The lowest BCUT2D eigenvalue weighted by molar-refractivity contribution is -0.385. The Hall–Kier alpha value is -4.48. The molecule has 0 fully saturated rings. The van der Waals surface area contributed by atoms with Crippen LogP contribution in [0.5, 0.6) is 5.88 Å². The van der Waals surface area contributed by atoms with Crippen molar-refractivity contribution in [2.75, 3.05) is 0 Å². The van der Waals surface area contributed by atoms with E-state index in [1.54, 1.807) is 0 Å². The van der Waals surface area contributed by atoms with Gasteiger partial charge in [0.05, 0.1) is 20.7 Å². The third-order valence-electron chi connectivity index (χ3n) is 4.07. The van der Waals surface area contributed by atoms with Gasteiger partial charge in [0.2, 0.25) is 5.88 Å². The van der Waals surface area contributed by atoms with Crippen LogP contribution in [0.1, 0.15) is 0 Å². The Labute approximate surface area is 153 Å². The number of azo groups is 1. The molecule has 1 amide bonds. The number of nitrogens with one attached hydrogen (secondary N) is 1. The number of hydrogen-bond donors (Lipinski definition) is 2. The van der Waals surface area contributed by atoms with E-state index in [1.165, 1.54) is 30.3 Å². The summed E-state index contributed by atoms with van der Waals surface area (Å²) in [5, 5.41) is 40.1. The molecule has 0 saturated heterocycles. The van der Waals surface area contributed by atoms with Crippen molar-refractivity contribution < 1.29 is 19.7 Å². The molecular formula is C16H8N6O6. The summed E-state index contributed by atoms with van der Waals surface area (Å²) in [5.74, 6) is -1.15. The van der Waals surface area contributed by atoms with Gasteiger partial charge in [0.15, 0.2) is 11.4 Å². The molecule has 2 aromatic carbocycles. The van der Waals surface area contributed by atoms with Crippen molar-refractivity contribution in [3.05, 3.63) is 67.2 Å². The molecule has 28 heavy (non-hydrogen) atoms. The zero-order chi connectivity index (χ0) is 20.0. The third-order valence-corrected chi connectivity index (χ3v) is 4.07. The van der Waals surface area contributed by atoms with E-state index in [4.69, 9.17) is 0 Å². The molecular weight excluding hydrogens is 372 g/mol. The monoisotopic (exact) mass is 380 g/mol. The average Bonchev–Trinajstić information content (AvgIpc) is 3.13. The number of non-ortho nitro benzene ring substituents is 2. The van der Waals surface area contributed by atoms with Gasteiger partial charge in [-0.25, -0.2) is 4.99 Å². The lowest BCUT2D eigenvalue weighted by Crippen LogP contribution is -2.22. The van der Waals surface area contributed by atoms with Crippen LogP contribution in [0.2, 0.25) is 0 Å². The summed E-state index contributed by atoms with van der Waals surface area (Å²) in [6, 6.07) is 7.53. The molecule has 3 aromatic rings. The van der Waals surface area contributed by atoms with Crippen LogP contribution in [-0.4, -0.2) is 25.8 Å². The molecule has 0 saturated carbocycles. The van der Waals surface area contributed by atoms with E-state index >= 15 is 0 Å². The molecule has 1 aromatic heterocycles. The number of nitro groups is 2. The van der Waals surface area contributed by atoms with Gasteiger partial charge in [0, 0.05) is 34.9 Å². The fraction of sp³-hybridized carbons (Fsp3) is 0. The standard InChI is InChI=1S/C16H8N6O6/c23-15-13(9-5-7(21(25)26)1-3-11(9)17-15)19-20-14-10-6-8(22(27)28)2-4-12(10)18-16(14)24/h1-6,17,23H. The van der Waals surface area contributed by atoms with Gasteiger partial charge in [-0.2, -0.15) is 0 Å². The minimum absolute atomic E-state index is 0.113. The van der Waals surface area contributed by atoms with Crippen molar-refractivity contribution in [2.24, 2.45) is 15.2 Å². The van der Waals surface area contributed by atoms with Gasteiger partial charge in [0.1, 0.15) is 0 Å². The largest absolute Gasteiger partial charge is 0.493 e. The van der Waals surface area contributed by atoms with E-state index in [2.05, 4.69) is 20.2 Å². The summed E-state index contributed by atoms with van der Waals surface area (Å²) >= 11 is 0. The predicted octanol–water partition coefficient (Wildman–Crippen LogP) is 1.74. The molecule has 0 radical (unpaired) electrons. The number of nitro benzene ring substituents is 2. The van der Waals surface area contributed by atoms with Crippen LogP contribution in [0.3, 0.4) is 0 Å². The van der Waals surface area contributed by atoms with E-state index in [-0.39, 0.29) is 38.7 Å². The molecule has 0 spiro atoms. The van der Waals surface area contributed by atoms with Crippen molar-refractivity contribution in [1.29, 1.82) is 0 Å². The molecule has 1 aliphatic rings. The van der Waals surface area contributed by atoms with Gasteiger partial charge in [-0.05, 0) is 12.1 Å². The number of aromatic hydroxyl groups is 1. The maximum Gasteiger partial charge on any atom is 0.298 e. The number of benzene rings is 2. The van der Waals surface area contributed by atoms with Gasteiger partial charge >= 0.3 is 0 Å². The molecule has 2 N–H and O–H groups in total. The number of hydrogen-bond acceptors (Lipinski definition) is 8. The zero-order valence-electron chi connectivity index (χ0n) is 13.7. The van der Waals surface area contributed by atoms with Crippen LogP contribution in [0.25, 0.3) is 16.6 Å². The second-order valence-corrected chi connectivity index (χ2v) is 5.73. The minimum Gasteiger partial charge on any atom is -0.493 e. The molecule has 2 heterocycles. The first-order valence-electron chi connectivity index (χ1n) is 7.68. The third kappa shape index (κ3) is 2.65. The topological polar surface area (TPSA) is 176 Å². The van der Waals surface area contributed by atoms with Crippen molar-refractivity contribution in [2.45, 2.75) is 0 Å². The van der Waals surface area contributed by atoms with Crippen LogP contribution in [0, 0.1) is 20.2 Å². The summed E-state index contributed by atoms with van der Waals surface area (Å²) < 4.78 is 0. The number of aromatic amines is 1. The summed E-state index contributed by atoms with van der Waals surface area (Å²) in [7, 11) is 0. The van der Waals surface area contributed by atoms with Crippen molar-refractivity contribution in [1.82, 2.24) is 4.98 Å². The number of nitrogens with zero attached hydrogens (tertiary/aromatic N) is 5. The first-order chi connectivity index (χ1) is 13.3. The smallest absolute Gasteiger partial charge is 0.298 e. The zero-order valence-corrected chi connectivity index (χ0v) is 13.7. The number of rotatable bonds is 4. The van der Waals surface area contributed by atoms with E-state index in [0.717, 1.165) is 6.07 Å². The molecule has 0 atom stereocenters. The number of carbonyl (C=O) groups excluding carboxylic acids is 1. The number of fused-ring (bicyclic) bond motifs is 2. The van der Waals surface area contributed by atoms with E-state index < -0.39 is 21.6 Å². The number of H-pyrrole nitrogens is 1. The quantitative estimate of drug-likeness (QED) is 0.395. The van der Waals surface area contributed by atoms with Crippen molar-refractivity contribution >= 4 is 39.6 Å². The Morgan fingerprint density at radius 3 is 2.39 bits per heavy atom. The van der Waals surface area contributed by atoms with Crippen LogP contribution >= 0.6 is 0 Å². The van der Waals surface area contributed by atoms with E-state index in [9.17, 15) is 30.1 Å². The molecule has 0 aliphatic carbocycles. The first kappa shape index (κ1) is 17.0. The van der Waals surface area contributed by atoms with Gasteiger partial charge in [-0.3, -0.25) is 25.0 Å². The Bertz CT molecular complexity index is 1360. The second-order valence-electron chi connectivity index (χ2n) is 5.73. The predicted molar refractivity (Wildman–Crippen MR) is 93.4 cm³/mol. The molecule has 4 rings (SSSR count). The van der Waals surface area contributed by atoms with Crippen LogP contribution in [0.15, 0.2) is 51.6 Å². The van der Waals surface area contributed by atoms with Gasteiger partial charge < -0.3 is 10.1 Å². The first-order valence-corrected chi connectivity index (χ1v) is 7.68. The maximum atomic E-state index is 12.1. The highest BCUT2D eigenvalue weighted by Crippen LogP contribution is 2.37. The Balaban J connectivity index is 1.87. The fourth-order valence-corrected chi connectivity index (χ4v) is 2.77. The van der Waals surface area contributed by atoms with Crippen molar-refractivity contribution in [3.8, 4) is 5.88 Å². The van der Waals surface area contributed by atoms with Gasteiger partial charge in [-0.1, -0.05) is 0 Å². The Morgan fingerprint density at radius 1 is 1.00 bits per heavy atom. The molecule has 0 bridgehead atoms. The normalized spacial score (nSPS) is 13.1. The van der Waals surface area contributed by atoms with Gasteiger partial charge in [-0.15, -0.1) is 10.2 Å². The highest BCUT2D eigenvalue weighted by Gasteiger charge is 2.20. The average molecular weight is 380 g/mol. The highest BCUT2D eigenvalue weighted by atomic mass is 16.6. The summed E-state index contributed by atoms with van der Waals surface area (Å²) in [6.45, 7) is 0. The molecule has 1 aliphatic heterocycles. The Morgan fingerprint density at radius 2 is 1.68 bits per heavy atom. The van der Waals surface area contributed by atoms with E-state index in [1.807, 2.05) is 0 Å². The SMILES string of the molecule is O=C1N=c2ccc([N+](=O)[O-])cc2=C1N=Nc1c(O)[nH]c2ccc([N+](=O)[O-])cc12. The highest BCUT2D eigenvalue weighted by molar-refractivity contribution is 6.14. The molecule has 12 heteroatoms. The van der Waals surface area contributed by atoms with E-state index in [0.29, 0.717) is 5.52 Å². The number of aromatic nitrogens is 1. The van der Waals surface area contributed by atoms with Crippen molar-refractivity contribution in [3.63, 3.8) is 0 Å². The Kier molecular flexibility index (Phi) is 3.66. The number of carbonyl (C=O) groups is 1. The maximum absolute atomic E-state index is 12.1. The second kappa shape index (κ2) is 6.05. The summed E-state index contributed by atoms with van der Waals surface area (Å²) in [6.07, 6.45) is 0. The minimum atomic E-state index is -0.746. The van der Waals surface area contributed by atoms with Crippen LogP contribution < -0.4 is 10.6 Å². The van der Waals surface area contributed by atoms with Crippen LogP contribution in [-0.2, 0) is 4.79 Å². The summed E-state index contributed by atoms with van der Waals surface area (Å²) in [5.41, 5.74) is -0.443. The van der Waals surface area contributed by atoms with Crippen LogP contribution in [0.4, 0.5) is 17.1 Å².